The number of aromatic nitrogens is 3. The lowest BCUT2D eigenvalue weighted by Crippen LogP contribution is -2.11. The van der Waals surface area contributed by atoms with E-state index in [-0.39, 0.29) is 42.2 Å². The van der Waals surface area contributed by atoms with Crippen molar-refractivity contribution in [2.45, 2.75) is 19.6 Å². The molecule has 3 aromatic carbocycles. The molecule has 0 bridgehead atoms. The Morgan fingerprint density at radius 1 is 1.07 bits per heavy atom. The Balaban J connectivity index is 1.45. The van der Waals surface area contributed by atoms with Crippen molar-refractivity contribution >= 4 is 17.0 Å². The van der Waals surface area contributed by atoms with E-state index in [0.717, 1.165) is 0 Å². The number of nitrogens with zero attached hydrogens (tertiary/aromatic N) is 4. The first kappa shape index (κ1) is 29.2. The molecule has 0 spiro atoms. The number of benzene rings is 3. The number of carboxylic acids is 1. The number of fused-ring (bicyclic) bond motifs is 1. The van der Waals surface area contributed by atoms with E-state index in [4.69, 9.17) is 19.5 Å². The molecule has 0 amide bonds. The van der Waals surface area contributed by atoms with Gasteiger partial charge in [0.05, 0.1) is 41.9 Å². The van der Waals surface area contributed by atoms with Crippen LogP contribution in [0.3, 0.4) is 0 Å². The van der Waals surface area contributed by atoms with Gasteiger partial charge in [0.25, 0.3) is 0 Å². The van der Waals surface area contributed by atoms with E-state index in [9.17, 15) is 9.90 Å². The van der Waals surface area contributed by atoms with E-state index in [2.05, 4.69) is 16.0 Å². The van der Waals surface area contributed by atoms with Gasteiger partial charge in [0, 0.05) is 43.0 Å². The van der Waals surface area contributed by atoms with Crippen LogP contribution in [-0.4, -0.2) is 46.4 Å². The average molecular weight is 585 g/mol. The van der Waals surface area contributed by atoms with Crippen LogP contribution >= 0.6 is 0 Å². The van der Waals surface area contributed by atoms with Gasteiger partial charge in [-0.1, -0.05) is 6.07 Å². The zero-order valence-electron chi connectivity index (χ0n) is 23.3. The summed E-state index contributed by atoms with van der Waals surface area (Å²) in [5, 5.41) is 18.6. The van der Waals surface area contributed by atoms with E-state index in [1.807, 2.05) is 0 Å². The highest BCUT2D eigenvalue weighted by Crippen LogP contribution is 2.33. The molecular weight excluding hydrogens is 558 g/mol. The molecule has 218 valence electrons. The molecule has 0 radical (unpaired) electrons. The van der Waals surface area contributed by atoms with Gasteiger partial charge in [-0.05, 0) is 60.2 Å². The summed E-state index contributed by atoms with van der Waals surface area (Å²) < 4.78 is 49.3. The number of aromatic carboxylic acids is 1. The molecule has 9 nitrogen and oxygen atoms in total. The lowest BCUT2D eigenvalue weighted by Gasteiger charge is -2.14. The van der Waals surface area contributed by atoms with Crippen LogP contribution in [0.1, 0.15) is 32.9 Å². The first-order valence-electron chi connectivity index (χ1n) is 13.2. The van der Waals surface area contributed by atoms with E-state index in [1.54, 1.807) is 41.0 Å². The normalized spacial score (nSPS) is 11.0. The highest BCUT2D eigenvalue weighted by Gasteiger charge is 2.20. The number of nitriles is 1. The molecule has 11 heteroatoms. The van der Waals surface area contributed by atoms with Crippen molar-refractivity contribution in [3.8, 4) is 28.8 Å². The summed E-state index contributed by atoms with van der Waals surface area (Å²) in [6.45, 7) is 0.647. The summed E-state index contributed by atoms with van der Waals surface area (Å²) in [6, 6.07) is 17.2. The number of rotatable bonds is 11. The maximum atomic E-state index is 15.6. The summed E-state index contributed by atoms with van der Waals surface area (Å²) >= 11 is 0. The monoisotopic (exact) mass is 584 g/mol. The molecule has 0 aliphatic carbocycles. The molecule has 0 unspecified atom stereocenters. The lowest BCUT2D eigenvalue weighted by atomic mass is 10.0. The standard InChI is InChI=1S/C32H26F2N4O5/c1-41-11-10-38-28-15-20(32(39)40)7-8-27(28)37-30(38)16-24-25(33)13-22(14-26(24)34)23-4-3-9-36-31(23)43-18-21-6-5-19(17-35)12-29(21)42-2/h3-9,12-15H,10-11,16,18H2,1-2H3,(H,39,40). The minimum Gasteiger partial charge on any atom is -0.496 e. The SMILES string of the molecule is COCCn1c(Cc2c(F)cc(-c3cccnc3OCc3ccc(C#N)cc3OC)cc2F)nc2ccc(C(=O)O)cc21. The first-order valence-corrected chi connectivity index (χ1v) is 13.2. The van der Waals surface area contributed by atoms with E-state index >= 15 is 8.78 Å². The van der Waals surface area contributed by atoms with Gasteiger partial charge in [-0.25, -0.2) is 23.5 Å². The Bertz CT molecular complexity index is 1840. The van der Waals surface area contributed by atoms with Gasteiger partial charge >= 0.3 is 5.97 Å². The zero-order valence-corrected chi connectivity index (χ0v) is 23.3. The number of methoxy groups -OCH3 is 2. The van der Waals surface area contributed by atoms with Gasteiger partial charge in [-0.3, -0.25) is 0 Å². The van der Waals surface area contributed by atoms with Crippen LogP contribution in [0.15, 0.2) is 66.9 Å². The van der Waals surface area contributed by atoms with Gasteiger partial charge < -0.3 is 23.9 Å². The van der Waals surface area contributed by atoms with E-state index < -0.39 is 17.6 Å². The molecule has 5 rings (SSSR count). The third-order valence-electron chi connectivity index (χ3n) is 6.93. The van der Waals surface area contributed by atoms with Crippen molar-refractivity contribution in [3.63, 3.8) is 0 Å². The van der Waals surface area contributed by atoms with Crippen molar-refractivity contribution in [1.29, 1.82) is 5.26 Å². The number of halogens is 2. The molecule has 0 atom stereocenters. The number of hydrogen-bond donors (Lipinski definition) is 1. The van der Waals surface area contributed by atoms with Crippen LogP contribution in [0, 0.1) is 23.0 Å². The number of carboxylic acid groups (broad SMARTS) is 1. The van der Waals surface area contributed by atoms with Gasteiger partial charge in [0.1, 0.15) is 29.8 Å². The first-order chi connectivity index (χ1) is 20.8. The third-order valence-corrected chi connectivity index (χ3v) is 6.93. The molecule has 5 aromatic rings. The Morgan fingerprint density at radius 3 is 2.56 bits per heavy atom. The van der Waals surface area contributed by atoms with Crippen molar-refractivity contribution in [1.82, 2.24) is 14.5 Å². The Morgan fingerprint density at radius 2 is 1.86 bits per heavy atom. The summed E-state index contributed by atoms with van der Waals surface area (Å²) in [4.78, 5) is 20.3. The summed E-state index contributed by atoms with van der Waals surface area (Å²) in [5.41, 5.74) is 2.63. The largest absolute Gasteiger partial charge is 0.496 e. The van der Waals surface area contributed by atoms with Gasteiger partial charge in [-0.2, -0.15) is 5.26 Å². The summed E-state index contributed by atoms with van der Waals surface area (Å²) in [5.74, 6) is -1.66. The van der Waals surface area contributed by atoms with Crippen molar-refractivity contribution in [3.05, 3.63) is 107 Å². The molecule has 0 aliphatic rings. The Labute approximate surface area is 245 Å². The van der Waals surface area contributed by atoms with Crippen LogP contribution in [0.5, 0.6) is 11.6 Å². The van der Waals surface area contributed by atoms with Gasteiger partial charge in [0.15, 0.2) is 0 Å². The molecule has 0 saturated heterocycles. The average Bonchev–Trinajstić information content (AvgIpc) is 3.36. The Kier molecular flexibility index (Phi) is 8.59. The maximum Gasteiger partial charge on any atom is 0.335 e. The van der Waals surface area contributed by atoms with E-state index in [1.165, 1.54) is 44.7 Å². The number of ether oxygens (including phenoxy) is 3. The van der Waals surface area contributed by atoms with Gasteiger partial charge in [0.2, 0.25) is 5.88 Å². The van der Waals surface area contributed by atoms with Gasteiger partial charge in [-0.15, -0.1) is 0 Å². The molecule has 1 N–H and O–H groups in total. The van der Waals surface area contributed by atoms with Crippen LogP contribution in [0.2, 0.25) is 0 Å². The second-order valence-electron chi connectivity index (χ2n) is 9.56. The molecule has 2 heterocycles. The number of carbonyl (C=O) groups is 1. The van der Waals surface area contributed by atoms with Crippen LogP contribution in [0.25, 0.3) is 22.2 Å². The predicted molar refractivity (Wildman–Crippen MR) is 153 cm³/mol. The van der Waals surface area contributed by atoms with Crippen LogP contribution in [0.4, 0.5) is 8.78 Å². The number of pyridine rings is 1. The van der Waals surface area contributed by atoms with Crippen molar-refractivity contribution < 1.29 is 32.9 Å². The number of hydrogen-bond acceptors (Lipinski definition) is 7. The van der Waals surface area contributed by atoms with Crippen LogP contribution < -0.4 is 9.47 Å². The fourth-order valence-corrected chi connectivity index (χ4v) is 4.76. The van der Waals surface area contributed by atoms with Crippen molar-refractivity contribution in [2.75, 3.05) is 20.8 Å². The predicted octanol–water partition coefficient (Wildman–Crippen LogP) is 5.77. The highest BCUT2D eigenvalue weighted by molar-refractivity contribution is 5.92. The molecular formula is C32H26F2N4O5. The second-order valence-corrected chi connectivity index (χ2v) is 9.56. The van der Waals surface area contributed by atoms with Crippen molar-refractivity contribution in [2.24, 2.45) is 0 Å². The minimum atomic E-state index is -1.09. The highest BCUT2D eigenvalue weighted by atomic mass is 19.1. The maximum absolute atomic E-state index is 15.6. The summed E-state index contributed by atoms with van der Waals surface area (Å²) in [7, 11) is 3.01. The molecule has 2 aromatic heterocycles. The molecule has 43 heavy (non-hydrogen) atoms. The smallest absolute Gasteiger partial charge is 0.335 e. The molecule has 0 aliphatic heterocycles. The zero-order chi connectivity index (χ0) is 30.5. The molecule has 0 saturated carbocycles. The van der Waals surface area contributed by atoms with Crippen LogP contribution in [-0.2, 0) is 24.3 Å². The lowest BCUT2D eigenvalue weighted by molar-refractivity contribution is 0.0697. The Hall–Kier alpha value is -5.34. The summed E-state index contributed by atoms with van der Waals surface area (Å²) in [6.07, 6.45) is 1.34. The fraction of sp³-hybridized carbons (Fsp3) is 0.188. The number of imidazole rings is 1. The molecule has 0 fully saturated rings. The van der Waals surface area contributed by atoms with E-state index in [0.29, 0.717) is 45.8 Å². The quantitative estimate of drug-likeness (QED) is 0.208. The third kappa shape index (κ3) is 6.14. The topological polar surface area (TPSA) is 119 Å². The second kappa shape index (κ2) is 12.7. The fourth-order valence-electron chi connectivity index (χ4n) is 4.76. The minimum absolute atomic E-state index is 0.0449.